The first-order valence-corrected chi connectivity index (χ1v) is 9.80. The molecule has 3 N–H and O–H groups in total. The molecule has 1 aromatic heterocycles. The summed E-state index contributed by atoms with van der Waals surface area (Å²) >= 11 is 0. The second-order valence-corrected chi connectivity index (χ2v) is 7.72. The van der Waals surface area contributed by atoms with Gasteiger partial charge in [-0.05, 0) is 44.4 Å². The molecule has 4 heterocycles. The Morgan fingerprint density at radius 3 is 3.00 bits per heavy atom. The zero-order valence-corrected chi connectivity index (χ0v) is 16.0. The van der Waals surface area contributed by atoms with Crippen molar-refractivity contribution in [2.45, 2.75) is 51.0 Å². The molecule has 0 saturated carbocycles. The van der Waals surface area contributed by atoms with Gasteiger partial charge in [0, 0.05) is 24.0 Å². The van der Waals surface area contributed by atoms with Crippen LogP contribution in [-0.4, -0.2) is 63.6 Å². The summed E-state index contributed by atoms with van der Waals surface area (Å²) in [5, 5.41) is 15.2. The van der Waals surface area contributed by atoms with Gasteiger partial charge in [-0.2, -0.15) is 5.10 Å². The molecule has 8 heteroatoms. The van der Waals surface area contributed by atoms with Gasteiger partial charge in [0.15, 0.2) is 0 Å². The lowest BCUT2D eigenvalue weighted by molar-refractivity contribution is -0.0393. The number of morpholine rings is 1. The fourth-order valence-corrected chi connectivity index (χ4v) is 4.15. The normalized spacial score (nSPS) is 23.0. The Morgan fingerprint density at radius 1 is 1.39 bits per heavy atom. The number of nitrogens with zero attached hydrogens (tertiary/aromatic N) is 3. The van der Waals surface area contributed by atoms with Crippen LogP contribution in [0.1, 0.15) is 35.3 Å². The van der Waals surface area contributed by atoms with E-state index in [0.29, 0.717) is 35.2 Å². The van der Waals surface area contributed by atoms with Crippen LogP contribution in [0.5, 0.6) is 0 Å². The van der Waals surface area contributed by atoms with Crippen LogP contribution >= 0.6 is 0 Å². The van der Waals surface area contributed by atoms with Crippen LogP contribution in [0.4, 0.5) is 0 Å². The number of aliphatic hydroxyl groups is 1. The number of ether oxygens (including phenoxy) is 1. The zero-order valence-electron chi connectivity index (χ0n) is 16.0. The number of benzene rings is 1. The van der Waals surface area contributed by atoms with Gasteiger partial charge in [0.05, 0.1) is 42.5 Å². The molecule has 28 heavy (non-hydrogen) atoms. The molecule has 2 aromatic rings. The monoisotopic (exact) mass is 386 g/mol. The average Bonchev–Trinajstić information content (AvgIpc) is 3.06. The van der Waals surface area contributed by atoms with Crippen LogP contribution < -0.4 is 11.3 Å². The summed E-state index contributed by atoms with van der Waals surface area (Å²) in [6.07, 6.45) is 2.32. The van der Waals surface area contributed by atoms with Crippen LogP contribution in [0.2, 0.25) is 0 Å². The van der Waals surface area contributed by atoms with Gasteiger partial charge in [-0.3, -0.25) is 9.59 Å². The fraction of sp³-hybridized carbons (Fsp3) is 0.550. The third-order valence-electron chi connectivity index (χ3n) is 5.74. The number of aryl methyl sites for hydroxylation is 1. The highest BCUT2D eigenvalue weighted by atomic mass is 16.5. The molecule has 1 amide bonds. The van der Waals surface area contributed by atoms with Gasteiger partial charge >= 0.3 is 0 Å². The van der Waals surface area contributed by atoms with E-state index in [4.69, 9.17) is 10.5 Å². The average molecular weight is 386 g/mol. The Hall–Kier alpha value is -2.29. The molecule has 2 bridgehead atoms. The molecule has 3 saturated heterocycles. The van der Waals surface area contributed by atoms with Crippen molar-refractivity contribution in [3.8, 4) is 0 Å². The van der Waals surface area contributed by atoms with Crippen molar-refractivity contribution >= 4 is 16.7 Å². The van der Waals surface area contributed by atoms with Crippen molar-refractivity contribution in [2.24, 2.45) is 5.73 Å². The summed E-state index contributed by atoms with van der Waals surface area (Å²) < 4.78 is 7.04. The maximum atomic E-state index is 13.2. The number of aliphatic hydroxyl groups excluding tert-OH is 1. The molecule has 3 fully saturated rings. The quantitative estimate of drug-likeness (QED) is 0.788. The first-order chi connectivity index (χ1) is 13.5. The van der Waals surface area contributed by atoms with E-state index in [1.165, 1.54) is 4.68 Å². The second kappa shape index (κ2) is 7.62. The lowest BCUT2D eigenvalue weighted by Gasteiger charge is -2.36. The minimum Gasteiger partial charge on any atom is -0.390 e. The maximum Gasteiger partial charge on any atom is 0.274 e. The van der Waals surface area contributed by atoms with Crippen molar-refractivity contribution in [3.63, 3.8) is 0 Å². The van der Waals surface area contributed by atoms with E-state index in [9.17, 15) is 14.7 Å². The first kappa shape index (κ1) is 19.0. The lowest BCUT2D eigenvalue weighted by atomic mass is 10.0. The summed E-state index contributed by atoms with van der Waals surface area (Å²) in [4.78, 5) is 27.8. The number of amides is 1. The van der Waals surface area contributed by atoms with Gasteiger partial charge in [-0.25, -0.2) is 4.68 Å². The summed E-state index contributed by atoms with van der Waals surface area (Å²) in [5.41, 5.74) is 6.33. The minimum atomic E-state index is -0.830. The van der Waals surface area contributed by atoms with E-state index in [0.717, 1.165) is 19.3 Å². The standard InChI is InChI=1S/C20H26N4O4/c1-12-18-7-13(19(26)23-10-16-4-2-3-14(23)11-28-16)5-6-17(18)20(27)24(22-12)9-15(25)8-21/h5-7,14-16,25H,2-4,8-11,21H2,1H3/t14?,15-,16?/m0/s1. The number of rotatable bonds is 4. The van der Waals surface area contributed by atoms with Crippen molar-refractivity contribution in [1.82, 2.24) is 14.7 Å². The third kappa shape index (κ3) is 3.43. The zero-order chi connectivity index (χ0) is 19.8. The van der Waals surface area contributed by atoms with Crippen LogP contribution in [-0.2, 0) is 11.3 Å². The summed E-state index contributed by atoms with van der Waals surface area (Å²) in [6.45, 7) is 3.11. The topological polar surface area (TPSA) is 111 Å². The van der Waals surface area contributed by atoms with Gasteiger partial charge in [0.1, 0.15) is 0 Å². The van der Waals surface area contributed by atoms with Crippen LogP contribution in [0, 0.1) is 6.92 Å². The van der Waals surface area contributed by atoms with Crippen molar-refractivity contribution in [2.75, 3.05) is 19.7 Å². The predicted octanol–water partition coefficient (Wildman–Crippen LogP) is 0.418. The van der Waals surface area contributed by atoms with E-state index in [-0.39, 0.29) is 36.7 Å². The summed E-state index contributed by atoms with van der Waals surface area (Å²) in [7, 11) is 0. The number of hydrogen-bond donors (Lipinski definition) is 2. The van der Waals surface area contributed by atoms with E-state index >= 15 is 0 Å². The summed E-state index contributed by atoms with van der Waals surface area (Å²) in [5.74, 6) is -0.0239. The molecule has 3 aliphatic rings. The second-order valence-electron chi connectivity index (χ2n) is 7.72. The van der Waals surface area contributed by atoms with E-state index < -0.39 is 6.10 Å². The molecule has 0 aliphatic carbocycles. The Kier molecular flexibility index (Phi) is 5.18. The highest BCUT2D eigenvalue weighted by molar-refractivity contribution is 5.99. The molecular formula is C20H26N4O4. The first-order valence-electron chi connectivity index (χ1n) is 9.80. The molecule has 3 atom stereocenters. The molecule has 5 rings (SSSR count). The molecule has 3 aliphatic heterocycles. The molecule has 0 spiro atoms. The largest absolute Gasteiger partial charge is 0.390 e. The number of nitrogens with two attached hydrogens (primary N) is 1. The Labute approximate surface area is 162 Å². The maximum absolute atomic E-state index is 13.2. The van der Waals surface area contributed by atoms with Gasteiger partial charge in [-0.1, -0.05) is 0 Å². The van der Waals surface area contributed by atoms with E-state index in [1.54, 1.807) is 25.1 Å². The lowest BCUT2D eigenvalue weighted by Crippen LogP contribution is -2.50. The number of hydrogen-bond acceptors (Lipinski definition) is 6. The van der Waals surface area contributed by atoms with Gasteiger partial charge in [-0.15, -0.1) is 0 Å². The van der Waals surface area contributed by atoms with Crippen molar-refractivity contribution in [3.05, 3.63) is 39.8 Å². The summed E-state index contributed by atoms with van der Waals surface area (Å²) in [6, 6.07) is 5.25. The molecule has 1 aromatic carbocycles. The predicted molar refractivity (Wildman–Crippen MR) is 104 cm³/mol. The van der Waals surface area contributed by atoms with Gasteiger partial charge in [0.25, 0.3) is 11.5 Å². The fourth-order valence-electron chi connectivity index (χ4n) is 4.15. The van der Waals surface area contributed by atoms with E-state index in [2.05, 4.69) is 5.10 Å². The number of carbonyl (C=O) groups excluding carboxylic acids is 1. The molecule has 8 nitrogen and oxygen atoms in total. The Balaban J connectivity index is 1.68. The smallest absolute Gasteiger partial charge is 0.274 e. The molecule has 150 valence electrons. The minimum absolute atomic E-state index is 0.0239. The molecular weight excluding hydrogens is 360 g/mol. The highest BCUT2D eigenvalue weighted by Gasteiger charge is 2.35. The van der Waals surface area contributed by atoms with Crippen LogP contribution in [0.15, 0.2) is 23.0 Å². The molecule has 0 radical (unpaired) electrons. The van der Waals surface area contributed by atoms with Crippen LogP contribution in [0.3, 0.4) is 0 Å². The highest BCUT2D eigenvalue weighted by Crippen LogP contribution is 2.27. The third-order valence-corrected chi connectivity index (χ3v) is 5.74. The number of fused-ring (bicyclic) bond motifs is 5. The van der Waals surface area contributed by atoms with Crippen molar-refractivity contribution in [1.29, 1.82) is 0 Å². The van der Waals surface area contributed by atoms with Gasteiger partial charge < -0.3 is 20.5 Å². The molecule has 2 unspecified atom stereocenters. The van der Waals surface area contributed by atoms with Crippen LogP contribution in [0.25, 0.3) is 10.8 Å². The number of aromatic nitrogens is 2. The Bertz CT molecular complexity index is 953. The number of carbonyl (C=O) groups is 1. The Morgan fingerprint density at radius 2 is 2.21 bits per heavy atom. The van der Waals surface area contributed by atoms with E-state index in [1.807, 2.05) is 4.90 Å². The SMILES string of the molecule is Cc1nn(C[C@@H](O)CN)c(=O)c2ccc(C(=O)N3CC4CCCC3CO4)cc12. The van der Waals surface area contributed by atoms with Crippen molar-refractivity contribution < 1.29 is 14.6 Å². The van der Waals surface area contributed by atoms with Gasteiger partial charge in [0.2, 0.25) is 0 Å².